The molecule has 0 atom stereocenters. The Kier molecular flexibility index (Phi) is 6.56. The molecule has 0 radical (unpaired) electrons. The third-order valence-electron chi connectivity index (χ3n) is 4.40. The number of nitrogens with one attached hydrogen (secondary N) is 1. The van der Waals surface area contributed by atoms with Crippen molar-refractivity contribution in [2.24, 2.45) is 0 Å². The van der Waals surface area contributed by atoms with Gasteiger partial charge in [0, 0.05) is 23.7 Å². The minimum absolute atomic E-state index is 0.137. The van der Waals surface area contributed by atoms with Gasteiger partial charge in [0.1, 0.15) is 0 Å². The second-order valence-corrected chi connectivity index (χ2v) is 8.64. The van der Waals surface area contributed by atoms with E-state index in [1.807, 2.05) is 18.2 Å². The molecule has 7 heteroatoms. The Morgan fingerprint density at radius 1 is 0.931 bits per heavy atom. The van der Waals surface area contributed by atoms with E-state index >= 15 is 0 Å². The summed E-state index contributed by atoms with van der Waals surface area (Å²) in [5.41, 5.74) is 1.91. The number of anilines is 1. The Bertz CT molecular complexity index is 1070. The first-order valence-corrected chi connectivity index (χ1v) is 10.9. The summed E-state index contributed by atoms with van der Waals surface area (Å²) in [6.07, 6.45) is 0. The van der Waals surface area contributed by atoms with Crippen LogP contribution in [-0.4, -0.2) is 20.9 Å². The summed E-state index contributed by atoms with van der Waals surface area (Å²) in [4.78, 5) is 12.5. The number of sulfonamides is 1. The Hall–Kier alpha value is -2.83. The second-order valence-electron chi connectivity index (χ2n) is 6.34. The molecule has 0 aliphatic rings. The van der Waals surface area contributed by atoms with Crippen LogP contribution in [-0.2, 0) is 16.6 Å². The first-order valence-electron chi connectivity index (χ1n) is 9.12. The summed E-state index contributed by atoms with van der Waals surface area (Å²) in [6.45, 7) is 2.44. The molecule has 0 spiro atoms. The lowest BCUT2D eigenvalue weighted by atomic mass is 10.2. The molecule has 150 valence electrons. The normalized spacial score (nSPS) is 11.1. The van der Waals surface area contributed by atoms with Crippen molar-refractivity contribution in [2.75, 3.05) is 10.8 Å². The molecule has 3 rings (SSSR count). The van der Waals surface area contributed by atoms with Crippen LogP contribution in [0.15, 0.2) is 83.8 Å². The zero-order chi connectivity index (χ0) is 20.9. The summed E-state index contributed by atoms with van der Waals surface area (Å²) < 4.78 is 27.3. The maximum absolute atomic E-state index is 13.0. The molecule has 5 nitrogen and oxygen atoms in total. The molecule has 0 heterocycles. The largest absolute Gasteiger partial charge is 0.348 e. The van der Waals surface area contributed by atoms with Gasteiger partial charge in [0.05, 0.1) is 10.6 Å². The number of halogens is 1. The van der Waals surface area contributed by atoms with E-state index in [0.717, 1.165) is 5.56 Å². The number of amides is 1. The monoisotopic (exact) mass is 428 g/mol. The van der Waals surface area contributed by atoms with Crippen molar-refractivity contribution >= 4 is 33.2 Å². The summed E-state index contributed by atoms with van der Waals surface area (Å²) in [7, 11) is -3.72. The SMILES string of the molecule is CCN(c1ccccc1)S(=O)(=O)c1ccc(C(=O)NCc2ccc(Cl)cc2)cc1. The number of hydrogen-bond acceptors (Lipinski definition) is 3. The average Bonchev–Trinajstić information content (AvgIpc) is 2.74. The van der Waals surface area contributed by atoms with Crippen LogP contribution in [0.1, 0.15) is 22.8 Å². The van der Waals surface area contributed by atoms with Crippen LogP contribution in [0.25, 0.3) is 0 Å². The summed E-state index contributed by atoms with van der Waals surface area (Å²) >= 11 is 5.85. The zero-order valence-corrected chi connectivity index (χ0v) is 17.5. The Balaban J connectivity index is 1.73. The van der Waals surface area contributed by atoms with Gasteiger partial charge in [-0.1, -0.05) is 41.9 Å². The number of hydrogen-bond donors (Lipinski definition) is 1. The van der Waals surface area contributed by atoms with Crippen molar-refractivity contribution in [3.05, 3.63) is 95.0 Å². The molecule has 1 amide bonds. The Labute approximate surface area is 176 Å². The first-order chi connectivity index (χ1) is 13.9. The van der Waals surface area contributed by atoms with Crippen molar-refractivity contribution in [1.82, 2.24) is 5.32 Å². The van der Waals surface area contributed by atoms with E-state index in [9.17, 15) is 13.2 Å². The van der Waals surface area contributed by atoms with Crippen LogP contribution in [0.3, 0.4) is 0 Å². The number of rotatable bonds is 7. The highest BCUT2D eigenvalue weighted by Crippen LogP contribution is 2.23. The first kappa shape index (κ1) is 20.9. The van der Waals surface area contributed by atoms with Crippen LogP contribution in [0.2, 0.25) is 5.02 Å². The third-order valence-corrected chi connectivity index (χ3v) is 6.57. The fourth-order valence-electron chi connectivity index (χ4n) is 2.88. The van der Waals surface area contributed by atoms with Crippen LogP contribution in [0.5, 0.6) is 0 Å². The quantitative estimate of drug-likeness (QED) is 0.603. The number of benzene rings is 3. The van der Waals surface area contributed by atoms with E-state index < -0.39 is 10.0 Å². The molecular formula is C22H21ClN2O3S. The van der Waals surface area contributed by atoms with Gasteiger partial charge < -0.3 is 5.32 Å². The van der Waals surface area contributed by atoms with Gasteiger partial charge in [-0.25, -0.2) is 8.42 Å². The van der Waals surface area contributed by atoms with Crippen molar-refractivity contribution < 1.29 is 13.2 Å². The minimum atomic E-state index is -3.72. The van der Waals surface area contributed by atoms with E-state index in [1.54, 1.807) is 43.3 Å². The van der Waals surface area contributed by atoms with E-state index in [4.69, 9.17) is 11.6 Å². The molecule has 0 aliphatic carbocycles. The lowest BCUT2D eigenvalue weighted by molar-refractivity contribution is 0.0951. The number of carbonyl (C=O) groups is 1. The highest BCUT2D eigenvalue weighted by atomic mass is 35.5. The minimum Gasteiger partial charge on any atom is -0.348 e. The van der Waals surface area contributed by atoms with Crippen LogP contribution in [0.4, 0.5) is 5.69 Å². The molecule has 0 aliphatic heterocycles. The Morgan fingerprint density at radius 2 is 1.55 bits per heavy atom. The smallest absolute Gasteiger partial charge is 0.264 e. The summed E-state index contributed by atoms with van der Waals surface area (Å²) in [5.74, 6) is -0.278. The summed E-state index contributed by atoms with van der Waals surface area (Å²) in [6, 6.07) is 22.1. The van der Waals surface area contributed by atoms with Crippen molar-refractivity contribution in [1.29, 1.82) is 0 Å². The lowest BCUT2D eigenvalue weighted by Gasteiger charge is -2.23. The van der Waals surface area contributed by atoms with E-state index in [2.05, 4.69) is 5.32 Å². The molecule has 0 saturated carbocycles. The number of para-hydroxylation sites is 1. The molecule has 0 saturated heterocycles. The molecule has 0 aromatic heterocycles. The van der Waals surface area contributed by atoms with E-state index in [-0.39, 0.29) is 10.8 Å². The van der Waals surface area contributed by atoms with Gasteiger partial charge in [-0.3, -0.25) is 9.10 Å². The Morgan fingerprint density at radius 3 is 2.14 bits per heavy atom. The standard InChI is InChI=1S/C22H21ClN2O3S/c1-2-25(20-6-4-3-5-7-20)29(27,28)21-14-10-18(11-15-21)22(26)24-16-17-8-12-19(23)13-9-17/h3-15H,2,16H2,1H3,(H,24,26). The second kappa shape index (κ2) is 9.11. The zero-order valence-electron chi connectivity index (χ0n) is 15.9. The van der Waals surface area contributed by atoms with Gasteiger partial charge >= 0.3 is 0 Å². The average molecular weight is 429 g/mol. The highest BCUT2D eigenvalue weighted by Gasteiger charge is 2.23. The predicted octanol–water partition coefficient (Wildman–Crippen LogP) is 4.49. The van der Waals surface area contributed by atoms with Gasteiger partial charge in [0.15, 0.2) is 0 Å². The topological polar surface area (TPSA) is 66.5 Å². The fraction of sp³-hybridized carbons (Fsp3) is 0.136. The highest BCUT2D eigenvalue weighted by molar-refractivity contribution is 7.92. The number of nitrogens with zero attached hydrogens (tertiary/aromatic N) is 1. The third kappa shape index (κ3) is 4.96. The van der Waals surface area contributed by atoms with Crippen LogP contribution >= 0.6 is 11.6 Å². The fourth-order valence-corrected chi connectivity index (χ4v) is 4.48. The maximum atomic E-state index is 13.0. The molecule has 3 aromatic rings. The molecule has 0 fully saturated rings. The van der Waals surface area contributed by atoms with Crippen LogP contribution < -0.4 is 9.62 Å². The van der Waals surface area contributed by atoms with Gasteiger partial charge in [0.2, 0.25) is 0 Å². The molecule has 1 N–H and O–H groups in total. The predicted molar refractivity (Wildman–Crippen MR) is 116 cm³/mol. The van der Waals surface area contributed by atoms with Gasteiger partial charge in [-0.2, -0.15) is 0 Å². The van der Waals surface area contributed by atoms with Crippen molar-refractivity contribution in [3.8, 4) is 0 Å². The van der Waals surface area contributed by atoms with Gasteiger partial charge in [0.25, 0.3) is 15.9 Å². The van der Waals surface area contributed by atoms with Gasteiger partial charge in [-0.15, -0.1) is 0 Å². The van der Waals surface area contributed by atoms with Crippen molar-refractivity contribution in [3.63, 3.8) is 0 Å². The van der Waals surface area contributed by atoms with E-state index in [0.29, 0.717) is 29.4 Å². The lowest BCUT2D eigenvalue weighted by Crippen LogP contribution is -2.30. The van der Waals surface area contributed by atoms with E-state index in [1.165, 1.54) is 28.6 Å². The molecule has 0 bridgehead atoms. The maximum Gasteiger partial charge on any atom is 0.264 e. The number of carbonyl (C=O) groups excluding carboxylic acids is 1. The van der Waals surface area contributed by atoms with Crippen LogP contribution in [0, 0.1) is 0 Å². The molecule has 0 unspecified atom stereocenters. The molecule has 3 aromatic carbocycles. The van der Waals surface area contributed by atoms with Gasteiger partial charge in [-0.05, 0) is 61.0 Å². The van der Waals surface area contributed by atoms with Crippen molar-refractivity contribution in [2.45, 2.75) is 18.4 Å². The molecular weight excluding hydrogens is 408 g/mol. The summed E-state index contributed by atoms with van der Waals surface area (Å²) in [5, 5.41) is 3.44. The molecule has 29 heavy (non-hydrogen) atoms.